The maximum Gasteiger partial charge on any atom is 0.255 e. The third-order valence-electron chi connectivity index (χ3n) is 3.61. The van der Waals surface area contributed by atoms with Gasteiger partial charge < -0.3 is 4.90 Å². The van der Waals surface area contributed by atoms with Gasteiger partial charge in [0.2, 0.25) is 0 Å². The fourth-order valence-electron chi connectivity index (χ4n) is 2.43. The van der Waals surface area contributed by atoms with Crippen molar-refractivity contribution in [1.29, 1.82) is 0 Å². The van der Waals surface area contributed by atoms with Crippen LogP contribution in [0.25, 0.3) is 0 Å². The average Bonchev–Trinajstić information content (AvgIpc) is 2.56. The Morgan fingerprint density at radius 2 is 1.71 bits per heavy atom. The third kappa shape index (κ3) is 4.45. The molecule has 0 unspecified atom stereocenters. The summed E-state index contributed by atoms with van der Waals surface area (Å²) in [7, 11) is -1.78. The van der Waals surface area contributed by atoms with Gasteiger partial charge in [-0.25, -0.2) is 8.42 Å². The van der Waals surface area contributed by atoms with Crippen LogP contribution in [0.4, 0.5) is 0 Å². The second-order valence-electron chi connectivity index (χ2n) is 5.60. The normalized spacial score (nSPS) is 11.3. The van der Waals surface area contributed by atoms with E-state index >= 15 is 0 Å². The van der Waals surface area contributed by atoms with Gasteiger partial charge in [-0.15, -0.1) is 0 Å². The Balaban J connectivity index is 2.28. The highest BCUT2D eigenvalue weighted by molar-refractivity contribution is 9.10. The third-order valence-corrected chi connectivity index (χ3v) is 6.11. The van der Waals surface area contributed by atoms with Crippen molar-refractivity contribution in [2.45, 2.75) is 24.8 Å². The molecule has 0 aliphatic carbocycles. The van der Waals surface area contributed by atoms with Gasteiger partial charge in [0.1, 0.15) is 0 Å². The summed E-state index contributed by atoms with van der Waals surface area (Å²) in [5, 5.41) is 0. The fourth-order valence-corrected chi connectivity index (χ4v) is 4.23. The predicted octanol–water partition coefficient (Wildman–Crippen LogP) is 3.91. The Bertz CT molecular complexity index is 816. The molecule has 0 bridgehead atoms. The van der Waals surface area contributed by atoms with E-state index in [0.717, 1.165) is 10.0 Å². The summed E-state index contributed by atoms with van der Waals surface area (Å²) >= 11 is 3.38. The molecule has 24 heavy (non-hydrogen) atoms. The Kier molecular flexibility index (Phi) is 6.18. The van der Waals surface area contributed by atoms with Gasteiger partial charge in [-0.2, -0.15) is 0 Å². The zero-order valence-electron chi connectivity index (χ0n) is 13.7. The van der Waals surface area contributed by atoms with Crippen LogP contribution in [0.2, 0.25) is 0 Å². The number of benzene rings is 2. The highest BCUT2D eigenvalue weighted by Crippen LogP contribution is 2.20. The number of nitrogens with zero attached hydrogens (tertiary/aromatic N) is 1. The Labute approximate surface area is 151 Å². The van der Waals surface area contributed by atoms with Crippen molar-refractivity contribution >= 4 is 31.7 Å². The summed E-state index contributed by atoms with van der Waals surface area (Å²) in [5.41, 5.74) is 1.20. The van der Waals surface area contributed by atoms with E-state index in [0.29, 0.717) is 13.0 Å². The zero-order chi connectivity index (χ0) is 17.7. The van der Waals surface area contributed by atoms with E-state index in [1.54, 1.807) is 25.2 Å². The first-order valence-corrected chi connectivity index (χ1v) is 10.1. The van der Waals surface area contributed by atoms with Gasteiger partial charge in [-0.1, -0.05) is 47.1 Å². The molecule has 2 rings (SSSR count). The molecule has 2 aromatic carbocycles. The number of hydrogen-bond acceptors (Lipinski definition) is 3. The maximum absolute atomic E-state index is 12.7. The van der Waals surface area contributed by atoms with Crippen molar-refractivity contribution in [3.63, 3.8) is 0 Å². The molecular weight excluding hydrogens is 390 g/mol. The van der Waals surface area contributed by atoms with E-state index in [-0.39, 0.29) is 22.1 Å². The SMILES string of the molecule is CCCS(=O)(=O)c1ccccc1C(=O)N(C)Cc1ccc(Br)cc1. The van der Waals surface area contributed by atoms with Crippen LogP contribution in [0.3, 0.4) is 0 Å². The largest absolute Gasteiger partial charge is 0.337 e. The molecule has 0 saturated heterocycles. The minimum Gasteiger partial charge on any atom is -0.337 e. The van der Waals surface area contributed by atoms with Crippen LogP contribution >= 0.6 is 15.9 Å². The van der Waals surface area contributed by atoms with E-state index in [9.17, 15) is 13.2 Å². The average molecular weight is 410 g/mol. The van der Waals surface area contributed by atoms with Crippen molar-refractivity contribution in [3.8, 4) is 0 Å². The Hall–Kier alpha value is -1.66. The molecular formula is C18H20BrNO3S. The summed E-state index contributed by atoms with van der Waals surface area (Å²) in [4.78, 5) is 14.4. The lowest BCUT2D eigenvalue weighted by atomic mass is 10.1. The lowest BCUT2D eigenvalue weighted by molar-refractivity contribution is 0.0781. The highest BCUT2D eigenvalue weighted by Gasteiger charge is 2.23. The van der Waals surface area contributed by atoms with Gasteiger partial charge in [-0.3, -0.25) is 4.79 Å². The molecule has 6 heteroatoms. The molecule has 0 aromatic heterocycles. The molecule has 0 radical (unpaired) electrons. The molecule has 0 N–H and O–H groups in total. The molecule has 0 saturated carbocycles. The Morgan fingerprint density at radius 3 is 2.33 bits per heavy atom. The van der Waals surface area contributed by atoms with Crippen LogP contribution in [-0.4, -0.2) is 32.0 Å². The molecule has 128 valence electrons. The van der Waals surface area contributed by atoms with Crippen molar-refractivity contribution in [2.24, 2.45) is 0 Å². The van der Waals surface area contributed by atoms with Gasteiger partial charge in [0.25, 0.3) is 5.91 Å². The van der Waals surface area contributed by atoms with Crippen LogP contribution in [0.5, 0.6) is 0 Å². The summed E-state index contributed by atoms with van der Waals surface area (Å²) in [6, 6.07) is 14.1. The van der Waals surface area contributed by atoms with E-state index in [1.807, 2.05) is 31.2 Å². The first kappa shape index (κ1) is 18.7. The molecule has 0 aliphatic rings. The van der Waals surface area contributed by atoms with Crippen molar-refractivity contribution in [2.75, 3.05) is 12.8 Å². The predicted molar refractivity (Wildman–Crippen MR) is 98.7 cm³/mol. The molecule has 0 atom stereocenters. The molecule has 1 amide bonds. The summed E-state index contributed by atoms with van der Waals surface area (Å²) < 4.78 is 25.8. The minimum absolute atomic E-state index is 0.0354. The van der Waals surface area contributed by atoms with Gasteiger partial charge in [0.05, 0.1) is 16.2 Å². The monoisotopic (exact) mass is 409 g/mol. The van der Waals surface area contributed by atoms with Crippen LogP contribution in [0.15, 0.2) is 57.9 Å². The fraction of sp³-hybridized carbons (Fsp3) is 0.278. The van der Waals surface area contributed by atoms with Gasteiger partial charge in [0, 0.05) is 18.1 Å². The zero-order valence-corrected chi connectivity index (χ0v) is 16.1. The number of halogens is 1. The van der Waals surface area contributed by atoms with E-state index in [4.69, 9.17) is 0 Å². The van der Waals surface area contributed by atoms with Crippen LogP contribution in [0.1, 0.15) is 29.3 Å². The van der Waals surface area contributed by atoms with Crippen LogP contribution in [-0.2, 0) is 16.4 Å². The first-order valence-electron chi connectivity index (χ1n) is 7.67. The number of carbonyl (C=O) groups is 1. The van der Waals surface area contributed by atoms with Crippen molar-refractivity contribution in [1.82, 2.24) is 4.90 Å². The van der Waals surface area contributed by atoms with Gasteiger partial charge >= 0.3 is 0 Å². The van der Waals surface area contributed by atoms with Gasteiger partial charge in [0.15, 0.2) is 9.84 Å². The lowest BCUT2D eigenvalue weighted by Gasteiger charge is -2.19. The summed E-state index contributed by atoms with van der Waals surface area (Å²) in [6.07, 6.45) is 0.513. The van der Waals surface area contributed by atoms with Crippen molar-refractivity contribution in [3.05, 3.63) is 64.1 Å². The van der Waals surface area contributed by atoms with Crippen molar-refractivity contribution < 1.29 is 13.2 Å². The standard InChI is InChI=1S/C18H20BrNO3S/c1-3-12-24(22,23)17-7-5-4-6-16(17)18(21)20(2)13-14-8-10-15(19)11-9-14/h4-11H,3,12-13H2,1-2H3. The van der Waals surface area contributed by atoms with Crippen LogP contribution in [0, 0.1) is 0 Å². The summed E-state index contributed by atoms with van der Waals surface area (Å²) in [5.74, 6) is -0.263. The van der Waals surface area contributed by atoms with Crippen LogP contribution < -0.4 is 0 Å². The second-order valence-corrected chi connectivity index (χ2v) is 8.60. The lowest BCUT2D eigenvalue weighted by Crippen LogP contribution is -2.28. The quantitative estimate of drug-likeness (QED) is 0.726. The Morgan fingerprint density at radius 1 is 1.08 bits per heavy atom. The molecule has 0 heterocycles. The van der Waals surface area contributed by atoms with E-state index in [1.165, 1.54) is 11.0 Å². The molecule has 2 aromatic rings. The molecule has 0 spiro atoms. The topological polar surface area (TPSA) is 54.5 Å². The molecule has 0 fully saturated rings. The molecule has 0 aliphatic heterocycles. The number of hydrogen-bond donors (Lipinski definition) is 0. The van der Waals surface area contributed by atoms with Gasteiger partial charge in [-0.05, 0) is 36.2 Å². The number of amides is 1. The minimum atomic E-state index is -3.45. The number of rotatable bonds is 6. The maximum atomic E-state index is 12.7. The number of sulfone groups is 1. The van der Waals surface area contributed by atoms with E-state index in [2.05, 4.69) is 15.9 Å². The summed E-state index contributed by atoms with van der Waals surface area (Å²) in [6.45, 7) is 2.22. The van der Waals surface area contributed by atoms with E-state index < -0.39 is 9.84 Å². The molecule has 4 nitrogen and oxygen atoms in total. The number of carbonyl (C=O) groups excluding carboxylic acids is 1. The highest BCUT2D eigenvalue weighted by atomic mass is 79.9. The second kappa shape index (κ2) is 7.94. The smallest absolute Gasteiger partial charge is 0.255 e. The first-order chi connectivity index (χ1) is 11.3.